The Morgan fingerprint density at radius 2 is 2.12 bits per heavy atom. The van der Waals surface area contributed by atoms with Crippen LogP contribution in [0.4, 0.5) is 10.2 Å². The highest BCUT2D eigenvalue weighted by Crippen LogP contribution is 2.34. The van der Waals surface area contributed by atoms with Crippen LogP contribution in [0, 0.1) is 5.82 Å². The van der Waals surface area contributed by atoms with Crippen LogP contribution in [0.1, 0.15) is 0 Å². The number of nitrogen functional groups attached to an aromatic ring is 1. The van der Waals surface area contributed by atoms with Gasteiger partial charge >= 0.3 is 0 Å². The van der Waals surface area contributed by atoms with Crippen molar-refractivity contribution in [2.24, 2.45) is 7.05 Å². The molecule has 0 amide bonds. The van der Waals surface area contributed by atoms with Crippen LogP contribution in [-0.4, -0.2) is 16.9 Å². The van der Waals surface area contributed by atoms with Gasteiger partial charge in [0.2, 0.25) is 0 Å². The molecule has 4 nitrogen and oxygen atoms in total. The van der Waals surface area contributed by atoms with Crippen molar-refractivity contribution in [3.05, 3.63) is 28.6 Å². The van der Waals surface area contributed by atoms with E-state index in [1.807, 2.05) is 0 Å². The minimum absolute atomic E-state index is 0.329. The molecular formula is C11H11BrFN3O. The third kappa shape index (κ3) is 2.00. The number of anilines is 1. The zero-order valence-electron chi connectivity index (χ0n) is 9.37. The van der Waals surface area contributed by atoms with Gasteiger partial charge in [-0.25, -0.2) is 4.39 Å². The summed E-state index contributed by atoms with van der Waals surface area (Å²) in [7, 11) is 3.22. The number of aryl methyl sites for hydroxylation is 1. The zero-order chi connectivity index (χ0) is 12.6. The number of methoxy groups -OCH3 is 1. The average molecular weight is 300 g/mol. The third-order valence-corrected chi connectivity index (χ3v) is 3.09. The summed E-state index contributed by atoms with van der Waals surface area (Å²) in [5, 5.41) is 3.99. The first-order valence-electron chi connectivity index (χ1n) is 4.85. The predicted molar refractivity (Wildman–Crippen MR) is 67.3 cm³/mol. The largest absolute Gasteiger partial charge is 0.497 e. The summed E-state index contributed by atoms with van der Waals surface area (Å²) in [5.41, 5.74) is 6.73. The van der Waals surface area contributed by atoms with Gasteiger partial charge in [0.25, 0.3) is 0 Å². The molecule has 0 saturated carbocycles. The van der Waals surface area contributed by atoms with Crippen LogP contribution >= 0.6 is 15.9 Å². The van der Waals surface area contributed by atoms with E-state index < -0.39 is 0 Å². The Labute approximate surface area is 106 Å². The maximum absolute atomic E-state index is 14.0. The van der Waals surface area contributed by atoms with Gasteiger partial charge in [-0.2, -0.15) is 5.10 Å². The number of hydrogen-bond acceptors (Lipinski definition) is 3. The number of halogens is 2. The molecule has 2 rings (SSSR count). The molecule has 6 heteroatoms. The summed E-state index contributed by atoms with van der Waals surface area (Å²) in [6.45, 7) is 0. The monoisotopic (exact) mass is 299 g/mol. The molecule has 0 atom stereocenters. The van der Waals surface area contributed by atoms with Gasteiger partial charge in [-0.3, -0.25) is 4.68 Å². The van der Waals surface area contributed by atoms with Gasteiger partial charge in [-0.15, -0.1) is 0 Å². The first-order chi connectivity index (χ1) is 8.04. The molecule has 17 heavy (non-hydrogen) atoms. The molecule has 1 aromatic carbocycles. The van der Waals surface area contributed by atoms with Crippen molar-refractivity contribution in [1.29, 1.82) is 0 Å². The quantitative estimate of drug-likeness (QED) is 0.927. The van der Waals surface area contributed by atoms with Gasteiger partial charge < -0.3 is 10.5 Å². The lowest BCUT2D eigenvalue weighted by atomic mass is 10.1. The van der Waals surface area contributed by atoms with Crippen LogP contribution in [0.25, 0.3) is 11.1 Å². The van der Waals surface area contributed by atoms with Gasteiger partial charge in [0.15, 0.2) is 0 Å². The standard InChI is InChI=1S/C11H11BrFN3O/c1-16-11(14)8(5-15-16)7-3-6(17-2)4-9(12)10(7)13/h3-5H,14H2,1-2H3. The molecule has 0 bridgehead atoms. The summed E-state index contributed by atoms with van der Waals surface area (Å²) in [4.78, 5) is 0. The van der Waals surface area contributed by atoms with Crippen molar-refractivity contribution in [3.8, 4) is 16.9 Å². The molecule has 1 heterocycles. The maximum Gasteiger partial charge on any atom is 0.145 e. The minimum Gasteiger partial charge on any atom is -0.497 e. The Morgan fingerprint density at radius 3 is 2.65 bits per heavy atom. The Balaban J connectivity index is 2.66. The third-order valence-electron chi connectivity index (χ3n) is 2.51. The lowest BCUT2D eigenvalue weighted by molar-refractivity contribution is 0.413. The van der Waals surface area contributed by atoms with Gasteiger partial charge in [0.1, 0.15) is 17.4 Å². The maximum atomic E-state index is 14.0. The smallest absolute Gasteiger partial charge is 0.145 e. The molecule has 0 unspecified atom stereocenters. The number of ether oxygens (including phenoxy) is 1. The predicted octanol–water partition coefficient (Wildman–Crippen LogP) is 2.58. The van der Waals surface area contributed by atoms with Gasteiger partial charge in [-0.05, 0) is 28.1 Å². The highest BCUT2D eigenvalue weighted by Gasteiger charge is 2.16. The molecule has 90 valence electrons. The lowest BCUT2D eigenvalue weighted by Gasteiger charge is -2.07. The van der Waals surface area contributed by atoms with Crippen LogP contribution in [0.2, 0.25) is 0 Å². The second-order valence-electron chi connectivity index (χ2n) is 3.54. The van der Waals surface area contributed by atoms with Crippen LogP contribution in [0.3, 0.4) is 0 Å². The Hall–Kier alpha value is -1.56. The van der Waals surface area contributed by atoms with E-state index >= 15 is 0 Å². The lowest BCUT2D eigenvalue weighted by Crippen LogP contribution is -1.99. The SMILES string of the molecule is COc1cc(Br)c(F)c(-c2cnn(C)c2N)c1. The number of benzene rings is 1. The van der Waals surface area contributed by atoms with E-state index in [4.69, 9.17) is 10.5 Å². The number of nitrogens with zero attached hydrogens (tertiary/aromatic N) is 2. The van der Waals surface area contributed by atoms with Crippen molar-refractivity contribution >= 4 is 21.7 Å². The van der Waals surface area contributed by atoms with E-state index in [2.05, 4.69) is 21.0 Å². The van der Waals surface area contributed by atoms with E-state index in [-0.39, 0.29) is 5.82 Å². The Bertz CT molecular complexity index is 568. The summed E-state index contributed by atoms with van der Waals surface area (Å²) in [5.74, 6) is 0.575. The van der Waals surface area contributed by atoms with Crippen molar-refractivity contribution in [3.63, 3.8) is 0 Å². The fraction of sp³-hybridized carbons (Fsp3) is 0.182. The molecule has 2 aromatic rings. The van der Waals surface area contributed by atoms with Crippen molar-refractivity contribution in [2.45, 2.75) is 0 Å². The highest BCUT2D eigenvalue weighted by atomic mass is 79.9. The second kappa shape index (κ2) is 4.37. The molecule has 1 aromatic heterocycles. The molecule has 0 saturated heterocycles. The van der Waals surface area contributed by atoms with E-state index in [0.717, 1.165) is 0 Å². The summed E-state index contributed by atoms with van der Waals surface area (Å²) < 4.78 is 20.9. The average Bonchev–Trinajstić information content (AvgIpc) is 2.64. The molecule has 0 fully saturated rings. The first-order valence-corrected chi connectivity index (χ1v) is 5.64. The second-order valence-corrected chi connectivity index (χ2v) is 4.39. The fourth-order valence-electron chi connectivity index (χ4n) is 1.53. The summed E-state index contributed by atoms with van der Waals surface area (Å²) in [6, 6.07) is 3.15. The van der Waals surface area contributed by atoms with Gasteiger partial charge in [-0.1, -0.05) is 0 Å². The molecular weight excluding hydrogens is 289 g/mol. The van der Waals surface area contributed by atoms with Crippen LogP contribution in [-0.2, 0) is 7.05 Å². The molecule has 0 aliphatic heterocycles. The fourth-order valence-corrected chi connectivity index (χ4v) is 1.97. The van der Waals surface area contributed by atoms with Crippen molar-refractivity contribution < 1.29 is 9.13 Å². The van der Waals surface area contributed by atoms with E-state index in [0.29, 0.717) is 27.2 Å². The highest BCUT2D eigenvalue weighted by molar-refractivity contribution is 9.10. The molecule has 0 aliphatic rings. The molecule has 0 aliphatic carbocycles. The van der Waals surface area contributed by atoms with Crippen molar-refractivity contribution in [1.82, 2.24) is 9.78 Å². The Morgan fingerprint density at radius 1 is 1.41 bits per heavy atom. The molecule has 0 spiro atoms. The zero-order valence-corrected chi connectivity index (χ0v) is 11.0. The van der Waals surface area contributed by atoms with Crippen LogP contribution in [0.5, 0.6) is 5.75 Å². The Kier molecular flexibility index (Phi) is 3.06. The number of nitrogens with two attached hydrogens (primary N) is 1. The summed E-state index contributed by atoms with van der Waals surface area (Å²) >= 11 is 3.14. The van der Waals surface area contributed by atoms with E-state index in [9.17, 15) is 4.39 Å². The summed E-state index contributed by atoms with van der Waals surface area (Å²) in [6.07, 6.45) is 1.53. The number of hydrogen-bond donors (Lipinski definition) is 1. The number of aromatic nitrogens is 2. The molecule has 2 N–H and O–H groups in total. The van der Waals surface area contributed by atoms with Crippen LogP contribution in [0.15, 0.2) is 22.8 Å². The normalized spacial score (nSPS) is 10.6. The van der Waals surface area contributed by atoms with E-state index in [1.54, 1.807) is 19.2 Å². The van der Waals surface area contributed by atoms with E-state index in [1.165, 1.54) is 18.0 Å². The van der Waals surface area contributed by atoms with Crippen molar-refractivity contribution in [2.75, 3.05) is 12.8 Å². The molecule has 0 radical (unpaired) electrons. The minimum atomic E-state index is -0.384. The first kappa shape index (κ1) is 11.9. The van der Waals surface area contributed by atoms with Gasteiger partial charge in [0, 0.05) is 18.2 Å². The van der Waals surface area contributed by atoms with Crippen LogP contribution < -0.4 is 10.5 Å². The topological polar surface area (TPSA) is 53.1 Å². The number of rotatable bonds is 2. The van der Waals surface area contributed by atoms with Gasteiger partial charge in [0.05, 0.1) is 17.8 Å².